The van der Waals surface area contributed by atoms with E-state index in [0.717, 1.165) is 21.7 Å². The summed E-state index contributed by atoms with van der Waals surface area (Å²) in [5.74, 6) is 0. The third-order valence-electron chi connectivity index (χ3n) is 2.83. The van der Waals surface area contributed by atoms with E-state index in [-0.39, 0.29) is 5.56 Å². The molecule has 0 spiro atoms. The smallest absolute Gasteiger partial charge is 0.260 e. The van der Waals surface area contributed by atoms with Crippen LogP contribution < -0.4 is 5.56 Å². The minimum atomic E-state index is -0.0264. The van der Waals surface area contributed by atoms with Crippen LogP contribution in [0.25, 0.3) is 21.5 Å². The van der Waals surface area contributed by atoms with Crippen LogP contribution in [0.2, 0.25) is 0 Å². The number of rotatable bonds is 1. The lowest BCUT2D eigenvalue weighted by atomic mass is 10.1. The molecule has 0 amide bonds. The lowest BCUT2D eigenvalue weighted by molar-refractivity contribution is 0.843. The zero-order chi connectivity index (χ0) is 12.7. The Hall–Kier alpha value is -2.01. The van der Waals surface area contributed by atoms with Crippen LogP contribution in [0.1, 0.15) is 5.56 Å². The molecule has 0 aliphatic heterocycles. The summed E-state index contributed by atoms with van der Waals surface area (Å²) in [5.41, 5.74) is 2.66. The van der Waals surface area contributed by atoms with Crippen molar-refractivity contribution in [3.63, 3.8) is 0 Å². The van der Waals surface area contributed by atoms with Gasteiger partial charge < -0.3 is 4.57 Å². The molecule has 2 heterocycles. The van der Waals surface area contributed by atoms with Crippen LogP contribution >= 0.6 is 11.3 Å². The van der Waals surface area contributed by atoms with E-state index in [1.54, 1.807) is 30.9 Å². The molecule has 0 saturated heterocycles. The van der Waals surface area contributed by atoms with Crippen LogP contribution in [0.4, 0.5) is 0 Å². The lowest BCUT2D eigenvalue weighted by Crippen LogP contribution is -2.17. The van der Waals surface area contributed by atoms with E-state index in [1.807, 2.05) is 24.4 Å². The summed E-state index contributed by atoms with van der Waals surface area (Å²) < 4.78 is 1.49. The Morgan fingerprint density at radius 1 is 1.28 bits per heavy atom. The molecule has 0 fully saturated rings. The highest BCUT2D eigenvalue weighted by molar-refractivity contribution is 7.13. The van der Waals surface area contributed by atoms with Crippen molar-refractivity contribution >= 4 is 22.2 Å². The van der Waals surface area contributed by atoms with E-state index in [9.17, 15) is 4.79 Å². The molecule has 0 aliphatic carbocycles. The van der Waals surface area contributed by atoms with Crippen molar-refractivity contribution in [2.45, 2.75) is 6.92 Å². The Morgan fingerprint density at radius 2 is 2.11 bits per heavy atom. The van der Waals surface area contributed by atoms with Crippen LogP contribution in [0.3, 0.4) is 0 Å². The molecule has 0 bridgehead atoms. The van der Waals surface area contributed by atoms with Gasteiger partial charge in [-0.25, -0.2) is 9.97 Å². The Kier molecular flexibility index (Phi) is 2.48. The molecule has 0 saturated carbocycles. The summed E-state index contributed by atoms with van der Waals surface area (Å²) in [4.78, 5) is 20.8. The van der Waals surface area contributed by atoms with E-state index in [2.05, 4.69) is 9.97 Å². The van der Waals surface area contributed by atoms with Gasteiger partial charge in [-0.15, -0.1) is 11.3 Å². The van der Waals surface area contributed by atoms with Crippen LogP contribution in [-0.2, 0) is 7.05 Å². The number of benzene rings is 1. The quantitative estimate of drug-likeness (QED) is 0.672. The largest absolute Gasteiger partial charge is 0.302 e. The van der Waals surface area contributed by atoms with E-state index in [4.69, 9.17) is 0 Å². The normalized spacial score (nSPS) is 11.0. The Labute approximate surface area is 108 Å². The summed E-state index contributed by atoms with van der Waals surface area (Å²) in [6.07, 6.45) is 3.31. The Balaban J connectivity index is 2.47. The minimum absolute atomic E-state index is 0.0264. The van der Waals surface area contributed by atoms with Crippen molar-refractivity contribution in [3.05, 3.63) is 46.0 Å². The molecule has 4 nitrogen and oxygen atoms in total. The first-order valence-electron chi connectivity index (χ1n) is 5.52. The van der Waals surface area contributed by atoms with Crippen molar-refractivity contribution in [1.29, 1.82) is 0 Å². The number of fused-ring (bicyclic) bond motifs is 1. The number of hydrogen-bond donors (Lipinski definition) is 0. The third-order valence-corrected chi connectivity index (χ3v) is 3.63. The average molecular weight is 257 g/mol. The van der Waals surface area contributed by atoms with Gasteiger partial charge in [0, 0.05) is 24.2 Å². The van der Waals surface area contributed by atoms with Crippen molar-refractivity contribution in [2.75, 3.05) is 0 Å². The second-order valence-corrected chi connectivity index (χ2v) is 5.10. The first-order valence-corrected chi connectivity index (χ1v) is 6.40. The summed E-state index contributed by atoms with van der Waals surface area (Å²) in [6.45, 7) is 1.98. The summed E-state index contributed by atoms with van der Waals surface area (Å²) in [5, 5.41) is 3.46. The molecule has 0 aliphatic rings. The SMILES string of the molecule is Cc1cc(-c2nccs2)c2ncn(C)c(=O)c2c1. The zero-order valence-electron chi connectivity index (χ0n) is 10.0. The minimum Gasteiger partial charge on any atom is -0.302 e. The molecular formula is C13H11N3OS. The second-order valence-electron chi connectivity index (χ2n) is 4.21. The summed E-state index contributed by atoms with van der Waals surface area (Å²) >= 11 is 1.55. The number of hydrogen-bond acceptors (Lipinski definition) is 4. The topological polar surface area (TPSA) is 47.8 Å². The van der Waals surface area contributed by atoms with Crippen molar-refractivity contribution < 1.29 is 0 Å². The van der Waals surface area contributed by atoms with Crippen molar-refractivity contribution in [2.24, 2.45) is 7.05 Å². The van der Waals surface area contributed by atoms with Crippen LogP contribution in [0, 0.1) is 6.92 Å². The Morgan fingerprint density at radius 3 is 2.83 bits per heavy atom. The van der Waals surface area contributed by atoms with E-state index in [0.29, 0.717) is 5.39 Å². The van der Waals surface area contributed by atoms with Crippen molar-refractivity contribution in [3.8, 4) is 10.6 Å². The number of thiazole rings is 1. The molecule has 18 heavy (non-hydrogen) atoms. The number of aryl methyl sites for hydroxylation is 2. The molecule has 5 heteroatoms. The summed E-state index contributed by atoms with van der Waals surface area (Å²) in [7, 11) is 1.71. The van der Waals surface area contributed by atoms with Gasteiger partial charge >= 0.3 is 0 Å². The fourth-order valence-electron chi connectivity index (χ4n) is 1.99. The maximum Gasteiger partial charge on any atom is 0.260 e. The van der Waals surface area contributed by atoms with Gasteiger partial charge in [0.25, 0.3) is 5.56 Å². The van der Waals surface area contributed by atoms with Crippen molar-refractivity contribution in [1.82, 2.24) is 14.5 Å². The molecule has 0 unspecified atom stereocenters. The van der Waals surface area contributed by atoms with Gasteiger partial charge in [-0.2, -0.15) is 0 Å². The molecular weight excluding hydrogens is 246 g/mol. The molecule has 3 aromatic rings. The monoisotopic (exact) mass is 257 g/mol. The lowest BCUT2D eigenvalue weighted by Gasteiger charge is -2.06. The molecule has 2 aromatic heterocycles. The van der Waals surface area contributed by atoms with Gasteiger partial charge in [-0.3, -0.25) is 4.79 Å². The maximum absolute atomic E-state index is 12.1. The number of nitrogens with zero attached hydrogens (tertiary/aromatic N) is 3. The fourth-order valence-corrected chi connectivity index (χ4v) is 2.64. The molecule has 3 rings (SSSR count). The first kappa shape index (κ1) is 11.1. The first-order chi connectivity index (χ1) is 8.66. The highest BCUT2D eigenvalue weighted by Crippen LogP contribution is 2.28. The van der Waals surface area contributed by atoms with Gasteiger partial charge in [-0.05, 0) is 24.6 Å². The van der Waals surface area contributed by atoms with Gasteiger partial charge in [0.15, 0.2) is 0 Å². The molecule has 0 atom stereocenters. The molecule has 0 N–H and O–H groups in total. The number of aromatic nitrogens is 3. The second kappa shape index (κ2) is 4.03. The predicted molar refractivity (Wildman–Crippen MR) is 72.8 cm³/mol. The van der Waals surface area contributed by atoms with Gasteiger partial charge in [0.05, 0.1) is 17.2 Å². The van der Waals surface area contributed by atoms with Crippen LogP contribution in [0.5, 0.6) is 0 Å². The molecule has 0 radical (unpaired) electrons. The fraction of sp³-hybridized carbons (Fsp3) is 0.154. The standard InChI is InChI=1S/C13H11N3OS/c1-8-5-9(12-14-3-4-18-12)11-10(6-8)13(17)16(2)7-15-11/h3-7H,1-2H3. The van der Waals surface area contributed by atoms with E-state index < -0.39 is 0 Å². The molecule has 90 valence electrons. The summed E-state index contributed by atoms with van der Waals surface area (Å²) in [6, 6.07) is 3.90. The zero-order valence-corrected chi connectivity index (χ0v) is 10.9. The van der Waals surface area contributed by atoms with E-state index >= 15 is 0 Å². The van der Waals surface area contributed by atoms with Crippen LogP contribution in [-0.4, -0.2) is 14.5 Å². The third kappa shape index (κ3) is 1.64. The average Bonchev–Trinajstić information content (AvgIpc) is 2.87. The Bertz CT molecular complexity index is 775. The van der Waals surface area contributed by atoms with Gasteiger partial charge in [-0.1, -0.05) is 0 Å². The molecule has 1 aromatic carbocycles. The van der Waals surface area contributed by atoms with Gasteiger partial charge in [0.1, 0.15) is 5.01 Å². The highest BCUT2D eigenvalue weighted by atomic mass is 32.1. The van der Waals surface area contributed by atoms with Gasteiger partial charge in [0.2, 0.25) is 0 Å². The highest BCUT2D eigenvalue weighted by Gasteiger charge is 2.11. The predicted octanol–water partition coefficient (Wildman–Crippen LogP) is 2.37. The van der Waals surface area contributed by atoms with Crippen LogP contribution in [0.15, 0.2) is 34.8 Å². The maximum atomic E-state index is 12.1. The van der Waals surface area contributed by atoms with E-state index in [1.165, 1.54) is 4.57 Å².